The molecule has 0 aliphatic carbocycles. The number of carbonyl (C=O) groups is 1. The van der Waals surface area contributed by atoms with Gasteiger partial charge in [-0.25, -0.2) is 19.1 Å². The monoisotopic (exact) mass is 568 g/mol. The molecule has 1 unspecified atom stereocenters. The van der Waals surface area contributed by atoms with Crippen LogP contribution >= 0.6 is 23.7 Å². The van der Waals surface area contributed by atoms with Crippen molar-refractivity contribution in [2.45, 2.75) is 33.0 Å². The molecule has 1 aliphatic heterocycles. The second kappa shape index (κ2) is 10.8. The number of carbonyl (C=O) groups excluding carboxylic acids is 1. The highest BCUT2D eigenvalue weighted by Gasteiger charge is 2.26. The summed E-state index contributed by atoms with van der Waals surface area (Å²) >= 11 is 7.09. The van der Waals surface area contributed by atoms with E-state index in [0.29, 0.717) is 47.0 Å². The number of fused-ring (bicyclic) bond motifs is 2. The summed E-state index contributed by atoms with van der Waals surface area (Å²) in [4.78, 5) is 42.0. The molecule has 13 heteroatoms. The van der Waals surface area contributed by atoms with E-state index >= 15 is 0 Å². The van der Waals surface area contributed by atoms with Crippen molar-refractivity contribution in [1.82, 2.24) is 29.0 Å². The van der Waals surface area contributed by atoms with Crippen molar-refractivity contribution in [3.05, 3.63) is 85.9 Å². The van der Waals surface area contributed by atoms with Crippen molar-refractivity contribution in [3.63, 3.8) is 0 Å². The standard InChI is InChI=1S/C26H26ClFN8O2S/c1-13-9-18-22(33-26(35(4)25(18)38)36-11-15-5-6-17(28)10-16(15)12-36)21(30-13)14(2)31-19-7-8-20(27)32-23(19)24(37)34-39-29-3/h5-10,14,29,31H,11-12H2,1-4H3,(H,34,37). The number of hydrogen-bond donors (Lipinski definition) is 3. The summed E-state index contributed by atoms with van der Waals surface area (Å²) in [5.74, 6) is -0.277. The van der Waals surface area contributed by atoms with Crippen LogP contribution < -0.4 is 25.2 Å². The molecule has 202 valence electrons. The van der Waals surface area contributed by atoms with E-state index in [-0.39, 0.29) is 22.2 Å². The van der Waals surface area contributed by atoms with E-state index < -0.39 is 11.9 Å². The molecule has 4 aromatic rings. The van der Waals surface area contributed by atoms with E-state index in [1.807, 2.05) is 18.7 Å². The molecule has 39 heavy (non-hydrogen) atoms. The molecule has 0 saturated carbocycles. The molecule has 10 nitrogen and oxygen atoms in total. The van der Waals surface area contributed by atoms with Gasteiger partial charge in [0.25, 0.3) is 11.5 Å². The summed E-state index contributed by atoms with van der Waals surface area (Å²) in [6.45, 7) is 4.61. The van der Waals surface area contributed by atoms with Crippen LogP contribution in [0.3, 0.4) is 0 Å². The number of nitrogens with one attached hydrogen (secondary N) is 3. The molecule has 1 aromatic carbocycles. The number of pyridine rings is 2. The summed E-state index contributed by atoms with van der Waals surface area (Å²) in [6.07, 6.45) is 0. The summed E-state index contributed by atoms with van der Waals surface area (Å²) in [5, 5.41) is 3.90. The quantitative estimate of drug-likeness (QED) is 0.224. The molecule has 3 aromatic heterocycles. The van der Waals surface area contributed by atoms with Crippen LogP contribution in [0, 0.1) is 12.7 Å². The Labute approximate surface area is 233 Å². The first-order valence-electron chi connectivity index (χ1n) is 12.1. The number of halogens is 2. The van der Waals surface area contributed by atoms with Crippen LogP contribution in [0.2, 0.25) is 5.15 Å². The Hall–Kier alpha value is -3.74. The van der Waals surface area contributed by atoms with Gasteiger partial charge in [-0.2, -0.15) is 0 Å². The van der Waals surface area contributed by atoms with E-state index in [1.165, 1.54) is 16.7 Å². The maximum Gasteiger partial charge on any atom is 0.282 e. The first kappa shape index (κ1) is 26.9. The molecular weight excluding hydrogens is 543 g/mol. The Morgan fingerprint density at radius 3 is 2.67 bits per heavy atom. The van der Waals surface area contributed by atoms with E-state index in [4.69, 9.17) is 21.6 Å². The number of aromatic nitrogens is 4. The number of anilines is 2. The lowest BCUT2D eigenvalue weighted by molar-refractivity contribution is 0.0980. The molecule has 0 spiro atoms. The third-order valence-electron chi connectivity index (χ3n) is 6.47. The summed E-state index contributed by atoms with van der Waals surface area (Å²) < 4.78 is 20.7. The van der Waals surface area contributed by atoms with Gasteiger partial charge in [0.15, 0.2) is 5.69 Å². The first-order valence-corrected chi connectivity index (χ1v) is 13.3. The minimum Gasteiger partial charge on any atom is -0.375 e. The molecule has 5 rings (SSSR count). The van der Waals surface area contributed by atoms with E-state index in [2.05, 4.69) is 19.7 Å². The van der Waals surface area contributed by atoms with Gasteiger partial charge < -0.3 is 10.2 Å². The van der Waals surface area contributed by atoms with E-state index in [1.54, 1.807) is 38.4 Å². The molecule has 1 amide bonds. The van der Waals surface area contributed by atoms with Gasteiger partial charge in [-0.05, 0) is 62.4 Å². The van der Waals surface area contributed by atoms with Crippen molar-refractivity contribution in [2.24, 2.45) is 7.05 Å². The fraction of sp³-hybridized carbons (Fsp3) is 0.269. The van der Waals surface area contributed by atoms with Gasteiger partial charge in [-0.3, -0.25) is 23.9 Å². The van der Waals surface area contributed by atoms with Crippen LogP contribution in [-0.4, -0.2) is 32.5 Å². The predicted molar refractivity (Wildman–Crippen MR) is 151 cm³/mol. The maximum atomic E-state index is 13.8. The van der Waals surface area contributed by atoms with Gasteiger partial charge >= 0.3 is 0 Å². The van der Waals surface area contributed by atoms with E-state index in [0.717, 1.165) is 23.3 Å². The molecule has 0 radical (unpaired) electrons. The minimum atomic E-state index is -0.462. The molecule has 0 fully saturated rings. The molecule has 4 heterocycles. The number of nitrogens with zero attached hydrogens (tertiary/aromatic N) is 5. The second-order valence-electron chi connectivity index (χ2n) is 9.22. The van der Waals surface area contributed by atoms with Gasteiger partial charge in [0.1, 0.15) is 16.5 Å². The zero-order chi connectivity index (χ0) is 27.8. The topological polar surface area (TPSA) is 117 Å². The van der Waals surface area contributed by atoms with Gasteiger partial charge in [0.2, 0.25) is 5.95 Å². The normalized spacial score (nSPS) is 13.4. The summed E-state index contributed by atoms with van der Waals surface area (Å²) in [6, 6.07) is 9.22. The fourth-order valence-corrected chi connectivity index (χ4v) is 5.12. The highest BCUT2D eigenvalue weighted by molar-refractivity contribution is 7.96. The third kappa shape index (κ3) is 5.27. The van der Waals surface area contributed by atoms with Crippen molar-refractivity contribution in [1.29, 1.82) is 0 Å². The molecule has 1 aliphatic rings. The van der Waals surface area contributed by atoms with Crippen LogP contribution in [0.4, 0.5) is 16.0 Å². The predicted octanol–water partition coefficient (Wildman–Crippen LogP) is 4.03. The molecule has 0 bridgehead atoms. The van der Waals surface area contributed by atoms with Crippen molar-refractivity contribution in [2.75, 3.05) is 17.3 Å². The van der Waals surface area contributed by atoms with Crippen molar-refractivity contribution < 1.29 is 9.18 Å². The molecule has 1 atom stereocenters. The Morgan fingerprint density at radius 2 is 1.90 bits per heavy atom. The lowest BCUT2D eigenvalue weighted by Gasteiger charge is -2.22. The summed E-state index contributed by atoms with van der Waals surface area (Å²) in [5.41, 5.74) is 3.82. The van der Waals surface area contributed by atoms with Gasteiger partial charge in [-0.15, -0.1) is 0 Å². The number of hydrogen-bond acceptors (Lipinski definition) is 9. The van der Waals surface area contributed by atoms with Crippen LogP contribution in [-0.2, 0) is 20.1 Å². The largest absolute Gasteiger partial charge is 0.375 e. The number of amides is 1. The number of aryl methyl sites for hydroxylation is 1. The van der Waals surface area contributed by atoms with Crippen LogP contribution in [0.5, 0.6) is 0 Å². The lowest BCUT2D eigenvalue weighted by Crippen LogP contribution is -2.29. The Kier molecular flexibility index (Phi) is 7.43. The Balaban J connectivity index is 1.55. The Bertz CT molecular complexity index is 1660. The van der Waals surface area contributed by atoms with Gasteiger partial charge in [0.05, 0.1) is 22.8 Å². The SMILES string of the molecule is CNSNC(=O)c1nc(Cl)ccc1NC(C)c1nc(C)cc2c(=O)n(C)c(N3Cc4ccc(F)cc4C3)nc12. The minimum absolute atomic E-state index is 0.112. The van der Waals surface area contributed by atoms with Crippen molar-refractivity contribution >= 4 is 52.2 Å². The highest BCUT2D eigenvalue weighted by Crippen LogP contribution is 2.30. The zero-order valence-corrected chi connectivity index (χ0v) is 23.2. The smallest absolute Gasteiger partial charge is 0.282 e. The van der Waals surface area contributed by atoms with Crippen molar-refractivity contribution in [3.8, 4) is 0 Å². The molecular formula is C26H26ClFN8O2S. The average Bonchev–Trinajstić information content (AvgIpc) is 3.33. The lowest BCUT2D eigenvalue weighted by atomic mass is 10.1. The van der Waals surface area contributed by atoms with Crippen LogP contribution in [0.1, 0.15) is 46.0 Å². The number of benzene rings is 1. The fourth-order valence-electron chi connectivity index (χ4n) is 4.68. The summed E-state index contributed by atoms with van der Waals surface area (Å²) in [7, 11) is 3.36. The van der Waals surface area contributed by atoms with E-state index in [9.17, 15) is 14.0 Å². The first-order chi connectivity index (χ1) is 18.7. The van der Waals surface area contributed by atoms with Gasteiger partial charge in [-0.1, -0.05) is 17.7 Å². The molecule has 3 N–H and O–H groups in total. The molecule has 0 saturated heterocycles. The second-order valence-corrected chi connectivity index (χ2v) is 10.4. The Morgan fingerprint density at radius 1 is 1.13 bits per heavy atom. The van der Waals surface area contributed by atoms with Crippen LogP contribution in [0.25, 0.3) is 10.9 Å². The highest BCUT2D eigenvalue weighted by atomic mass is 35.5. The maximum absolute atomic E-state index is 13.8. The zero-order valence-electron chi connectivity index (χ0n) is 21.7. The van der Waals surface area contributed by atoms with Crippen LogP contribution in [0.15, 0.2) is 41.2 Å². The number of rotatable bonds is 7. The van der Waals surface area contributed by atoms with Gasteiger partial charge in [0, 0.05) is 38.0 Å². The average molecular weight is 569 g/mol. The third-order valence-corrected chi connectivity index (χ3v) is 7.17.